The van der Waals surface area contributed by atoms with Crippen LogP contribution in [0, 0.1) is 0 Å². The summed E-state index contributed by atoms with van der Waals surface area (Å²) in [5, 5.41) is 6.02. The molecule has 5 nitrogen and oxygen atoms in total. The maximum atomic E-state index is 12.0. The summed E-state index contributed by atoms with van der Waals surface area (Å²) in [4.78, 5) is 12.0. The van der Waals surface area contributed by atoms with Crippen LogP contribution in [0.4, 0.5) is 0 Å². The number of carbonyl (C=O) groups excluding carboxylic acids is 1. The van der Waals surface area contributed by atoms with Gasteiger partial charge in [-0.2, -0.15) is 5.10 Å². The zero-order valence-electron chi connectivity index (χ0n) is 12.6. The van der Waals surface area contributed by atoms with Gasteiger partial charge in [0.25, 0.3) is 5.91 Å². The minimum Gasteiger partial charge on any atom is -0.481 e. The van der Waals surface area contributed by atoms with Crippen LogP contribution in [0.3, 0.4) is 0 Å². The van der Waals surface area contributed by atoms with Gasteiger partial charge in [-0.3, -0.25) is 4.79 Å². The summed E-state index contributed by atoms with van der Waals surface area (Å²) in [6.07, 6.45) is 2.31. The third kappa shape index (κ3) is 3.77. The highest BCUT2D eigenvalue weighted by atomic mass is 16.5. The monoisotopic (exact) mass is 308 g/mol. The zero-order chi connectivity index (χ0) is 16.1. The smallest absolute Gasteiger partial charge is 0.280 e. The summed E-state index contributed by atoms with van der Waals surface area (Å²) < 4.78 is 10.7. The van der Waals surface area contributed by atoms with Gasteiger partial charge in [0, 0.05) is 0 Å². The molecule has 0 saturated heterocycles. The maximum Gasteiger partial charge on any atom is 0.280 e. The summed E-state index contributed by atoms with van der Waals surface area (Å²) in [5.41, 5.74) is 2.42. The molecule has 5 heteroatoms. The van der Waals surface area contributed by atoms with Gasteiger partial charge in [-0.1, -0.05) is 30.3 Å². The summed E-state index contributed by atoms with van der Waals surface area (Å²) in [6, 6.07) is 17.2. The van der Waals surface area contributed by atoms with Crippen LogP contribution in [-0.2, 0) is 4.79 Å². The van der Waals surface area contributed by atoms with Gasteiger partial charge in [0.1, 0.15) is 11.5 Å². The molecule has 1 amide bonds. The van der Waals surface area contributed by atoms with E-state index in [-0.39, 0.29) is 5.91 Å². The second-order valence-corrected chi connectivity index (χ2v) is 5.02. The topological polar surface area (TPSA) is 63.8 Å². The molecule has 2 aromatic carbocycles. The van der Waals surface area contributed by atoms with E-state index in [1.54, 1.807) is 19.1 Å². The van der Waals surface area contributed by atoms with Crippen LogP contribution in [0.15, 0.2) is 70.4 Å². The van der Waals surface area contributed by atoms with Crippen molar-refractivity contribution in [2.75, 3.05) is 0 Å². The summed E-state index contributed by atoms with van der Waals surface area (Å²) >= 11 is 0. The lowest BCUT2D eigenvalue weighted by Gasteiger charge is -2.13. The minimum absolute atomic E-state index is 0.332. The van der Waals surface area contributed by atoms with Crippen molar-refractivity contribution >= 4 is 22.9 Å². The van der Waals surface area contributed by atoms with Gasteiger partial charge in [-0.05, 0) is 42.0 Å². The molecule has 0 fully saturated rings. The highest BCUT2D eigenvalue weighted by Crippen LogP contribution is 2.21. The number of hydrazone groups is 1. The van der Waals surface area contributed by atoms with Crippen LogP contribution in [-0.4, -0.2) is 18.2 Å². The van der Waals surface area contributed by atoms with Gasteiger partial charge in [0.2, 0.25) is 0 Å². The van der Waals surface area contributed by atoms with Crippen LogP contribution in [0.1, 0.15) is 12.7 Å². The fourth-order valence-corrected chi connectivity index (χ4v) is 2.11. The Morgan fingerprint density at radius 1 is 1.17 bits per heavy atom. The van der Waals surface area contributed by atoms with E-state index in [1.807, 2.05) is 42.5 Å². The Labute approximate surface area is 133 Å². The number of amides is 1. The van der Waals surface area contributed by atoms with E-state index in [0.29, 0.717) is 11.5 Å². The van der Waals surface area contributed by atoms with Crippen molar-refractivity contribution < 1.29 is 13.9 Å². The standard InChI is InChI=1S/C18H16N2O3/c1-13(18(21)20-19-12-17-7-4-10-22-17)23-16-9-8-14-5-2-3-6-15(14)11-16/h2-13H,1H3,(H,20,21)/b19-12-/t13-/m0/s1. The van der Waals surface area contributed by atoms with Crippen molar-refractivity contribution in [3.63, 3.8) is 0 Å². The molecule has 1 N–H and O–H groups in total. The molecule has 0 aliphatic carbocycles. The van der Waals surface area contributed by atoms with Crippen LogP contribution >= 0.6 is 0 Å². The fraction of sp³-hybridized carbons (Fsp3) is 0.111. The fourth-order valence-electron chi connectivity index (χ4n) is 2.11. The molecular weight excluding hydrogens is 292 g/mol. The molecule has 23 heavy (non-hydrogen) atoms. The number of nitrogens with zero attached hydrogens (tertiary/aromatic N) is 1. The predicted octanol–water partition coefficient (Wildman–Crippen LogP) is 3.35. The van der Waals surface area contributed by atoms with Gasteiger partial charge in [-0.25, -0.2) is 5.43 Å². The van der Waals surface area contributed by atoms with Crippen LogP contribution in [0.5, 0.6) is 5.75 Å². The molecule has 0 saturated carbocycles. The first-order chi connectivity index (χ1) is 11.2. The van der Waals surface area contributed by atoms with E-state index < -0.39 is 6.10 Å². The summed E-state index contributed by atoms with van der Waals surface area (Å²) in [6.45, 7) is 1.67. The maximum absolute atomic E-state index is 12.0. The Morgan fingerprint density at radius 3 is 2.78 bits per heavy atom. The SMILES string of the molecule is C[C@H](Oc1ccc2ccccc2c1)C(=O)N/N=C\c1ccco1. The molecule has 0 aliphatic rings. The quantitative estimate of drug-likeness (QED) is 0.580. The molecule has 3 rings (SSSR count). The average molecular weight is 308 g/mol. The molecule has 1 atom stereocenters. The second-order valence-electron chi connectivity index (χ2n) is 5.02. The summed E-state index contributed by atoms with van der Waals surface area (Å²) in [7, 11) is 0. The Hall–Kier alpha value is -3.08. The van der Waals surface area contributed by atoms with E-state index in [0.717, 1.165) is 10.8 Å². The van der Waals surface area contributed by atoms with Crippen LogP contribution < -0.4 is 10.2 Å². The number of nitrogens with one attached hydrogen (secondary N) is 1. The number of fused-ring (bicyclic) bond motifs is 1. The van der Waals surface area contributed by atoms with Gasteiger partial charge in [0.05, 0.1) is 12.5 Å². The van der Waals surface area contributed by atoms with E-state index in [4.69, 9.17) is 9.15 Å². The molecule has 116 valence electrons. The van der Waals surface area contributed by atoms with Crippen molar-refractivity contribution in [1.82, 2.24) is 5.43 Å². The number of furan rings is 1. The average Bonchev–Trinajstić information content (AvgIpc) is 3.08. The molecular formula is C18H16N2O3. The Morgan fingerprint density at radius 2 is 2.00 bits per heavy atom. The largest absolute Gasteiger partial charge is 0.481 e. The number of hydrogen-bond acceptors (Lipinski definition) is 4. The van der Waals surface area contributed by atoms with Crippen LogP contribution in [0.2, 0.25) is 0 Å². The Kier molecular flexibility index (Phi) is 4.38. The lowest BCUT2D eigenvalue weighted by atomic mass is 10.1. The van der Waals surface area contributed by atoms with Crippen LogP contribution in [0.25, 0.3) is 10.8 Å². The molecule has 0 unspecified atom stereocenters. The zero-order valence-corrected chi connectivity index (χ0v) is 12.6. The normalized spacial score (nSPS) is 12.4. The highest BCUT2D eigenvalue weighted by Gasteiger charge is 2.14. The molecule has 0 bridgehead atoms. The summed E-state index contributed by atoms with van der Waals surface area (Å²) in [5.74, 6) is 0.871. The first kappa shape index (κ1) is 14.8. The van der Waals surface area contributed by atoms with Gasteiger partial charge in [-0.15, -0.1) is 0 Å². The number of ether oxygens (including phenoxy) is 1. The minimum atomic E-state index is -0.662. The highest BCUT2D eigenvalue weighted by molar-refractivity contribution is 5.85. The van der Waals surface area contributed by atoms with Crippen molar-refractivity contribution in [2.24, 2.45) is 5.10 Å². The lowest BCUT2D eigenvalue weighted by molar-refractivity contribution is -0.127. The predicted molar refractivity (Wildman–Crippen MR) is 88.5 cm³/mol. The van der Waals surface area contributed by atoms with E-state index in [2.05, 4.69) is 10.5 Å². The molecule has 0 aliphatic heterocycles. The Bertz CT molecular complexity index is 825. The molecule has 1 heterocycles. The third-order valence-corrected chi connectivity index (χ3v) is 3.31. The lowest BCUT2D eigenvalue weighted by Crippen LogP contribution is -2.33. The number of carbonyl (C=O) groups is 1. The third-order valence-electron chi connectivity index (χ3n) is 3.31. The van der Waals surface area contributed by atoms with E-state index in [1.165, 1.54) is 12.5 Å². The van der Waals surface area contributed by atoms with Crippen molar-refractivity contribution in [3.8, 4) is 5.75 Å². The van der Waals surface area contributed by atoms with Gasteiger partial charge in [0.15, 0.2) is 6.10 Å². The number of rotatable bonds is 5. The van der Waals surface area contributed by atoms with Gasteiger partial charge < -0.3 is 9.15 Å². The van der Waals surface area contributed by atoms with Gasteiger partial charge >= 0.3 is 0 Å². The van der Waals surface area contributed by atoms with Crippen molar-refractivity contribution in [3.05, 3.63) is 66.6 Å². The first-order valence-corrected chi connectivity index (χ1v) is 7.24. The Balaban J connectivity index is 1.60. The molecule has 0 radical (unpaired) electrons. The van der Waals surface area contributed by atoms with E-state index in [9.17, 15) is 4.79 Å². The molecule has 3 aromatic rings. The first-order valence-electron chi connectivity index (χ1n) is 7.24. The van der Waals surface area contributed by atoms with Crippen molar-refractivity contribution in [1.29, 1.82) is 0 Å². The number of hydrogen-bond donors (Lipinski definition) is 1. The molecule has 1 aromatic heterocycles. The molecule has 0 spiro atoms. The van der Waals surface area contributed by atoms with E-state index >= 15 is 0 Å². The van der Waals surface area contributed by atoms with Crippen molar-refractivity contribution in [2.45, 2.75) is 13.0 Å². The number of benzene rings is 2. The second kappa shape index (κ2) is 6.79.